The molecule has 3 N–H and O–H groups in total. The molecule has 4 nitrogen and oxygen atoms in total. The van der Waals surface area contributed by atoms with Crippen LogP contribution in [-0.2, 0) is 0 Å². The van der Waals surface area contributed by atoms with Gasteiger partial charge in [-0.05, 0) is 62.6 Å². The molecule has 0 aliphatic rings. The quantitative estimate of drug-likeness (QED) is 0.132. The molecule has 7 aromatic carbocycles. The van der Waals surface area contributed by atoms with E-state index >= 15 is 0 Å². The fourth-order valence-corrected chi connectivity index (χ4v) is 6.29. The van der Waals surface area contributed by atoms with E-state index in [0.29, 0.717) is 5.84 Å². The van der Waals surface area contributed by atoms with Crippen LogP contribution < -0.4 is 5.73 Å². The Labute approximate surface area is 242 Å². The number of aromatic nitrogens is 1. The number of fused-ring (bicyclic) bond motifs is 9. The number of hydrogen-bond acceptors (Lipinski definition) is 1. The summed E-state index contributed by atoms with van der Waals surface area (Å²) in [7, 11) is 0. The molecule has 198 valence electrons. The normalized spacial score (nSPS) is 12.1. The minimum Gasteiger partial charge on any atom is -0.383 e. The van der Waals surface area contributed by atoms with E-state index in [0.717, 1.165) is 33.0 Å². The van der Waals surface area contributed by atoms with Crippen LogP contribution in [0.25, 0.3) is 59.8 Å². The summed E-state index contributed by atoms with van der Waals surface area (Å²) in [5, 5.41) is 18.2. The Balaban J connectivity index is 1.34. The predicted molar refractivity (Wildman–Crippen MR) is 177 cm³/mol. The minimum absolute atomic E-state index is 0.143. The Hall–Kier alpha value is -5.74. The number of nitrogens with zero attached hydrogens (tertiary/aromatic N) is 2. The highest BCUT2D eigenvalue weighted by Crippen LogP contribution is 2.38. The van der Waals surface area contributed by atoms with Crippen molar-refractivity contribution in [2.45, 2.75) is 0 Å². The van der Waals surface area contributed by atoms with Crippen molar-refractivity contribution in [2.75, 3.05) is 0 Å². The van der Waals surface area contributed by atoms with Crippen LogP contribution in [0, 0.1) is 5.41 Å². The van der Waals surface area contributed by atoms with E-state index in [2.05, 4.69) is 113 Å². The summed E-state index contributed by atoms with van der Waals surface area (Å²) in [5.41, 5.74) is 11.3. The lowest BCUT2D eigenvalue weighted by Crippen LogP contribution is -2.15. The third-order valence-electron chi connectivity index (χ3n) is 8.23. The van der Waals surface area contributed by atoms with E-state index in [-0.39, 0.29) is 5.84 Å². The number of amidine groups is 2. The molecule has 0 bridgehead atoms. The average Bonchev–Trinajstić information content (AvgIpc) is 3.39. The molecule has 0 saturated carbocycles. The highest BCUT2D eigenvalue weighted by atomic mass is 15.0. The van der Waals surface area contributed by atoms with Gasteiger partial charge in [-0.3, -0.25) is 5.41 Å². The highest BCUT2D eigenvalue weighted by molar-refractivity contribution is 6.26. The maximum atomic E-state index is 8.73. The van der Waals surface area contributed by atoms with Gasteiger partial charge in [-0.15, -0.1) is 0 Å². The highest BCUT2D eigenvalue weighted by Gasteiger charge is 2.15. The zero-order valence-electron chi connectivity index (χ0n) is 22.8. The largest absolute Gasteiger partial charge is 0.383 e. The van der Waals surface area contributed by atoms with Crippen molar-refractivity contribution < 1.29 is 0 Å². The lowest BCUT2D eigenvalue weighted by molar-refractivity contribution is 1.19. The van der Waals surface area contributed by atoms with Gasteiger partial charge < -0.3 is 10.3 Å². The van der Waals surface area contributed by atoms with Gasteiger partial charge in [0.1, 0.15) is 5.84 Å². The standard InChI is InChI=1S/C38H26N4/c39-37(24-10-2-1-3-11-24)41-38(40)25-18-20-29-30-21-19-26(23-34(30)28-13-5-4-12-27(28)33(29)22-25)42-35-16-8-6-14-31(35)32-15-7-9-17-36(32)42/h1-23H,(H3,39,40,41). The first-order valence-electron chi connectivity index (χ1n) is 14.0. The van der Waals surface area contributed by atoms with Crippen molar-refractivity contribution in [2.24, 2.45) is 10.7 Å². The van der Waals surface area contributed by atoms with Crippen molar-refractivity contribution in [3.05, 3.63) is 151 Å². The van der Waals surface area contributed by atoms with Crippen molar-refractivity contribution >= 4 is 65.8 Å². The second-order valence-electron chi connectivity index (χ2n) is 10.6. The number of benzene rings is 7. The van der Waals surface area contributed by atoms with Gasteiger partial charge in [-0.2, -0.15) is 0 Å². The third-order valence-corrected chi connectivity index (χ3v) is 8.23. The molecule has 0 radical (unpaired) electrons. The second-order valence-corrected chi connectivity index (χ2v) is 10.6. The van der Waals surface area contributed by atoms with Gasteiger partial charge in [0.05, 0.1) is 11.0 Å². The molecule has 1 aromatic heterocycles. The van der Waals surface area contributed by atoms with E-state index in [4.69, 9.17) is 11.1 Å². The molecular weight excluding hydrogens is 512 g/mol. The SMILES string of the molecule is N=C(N=C(N)c1ccccc1)c1ccc2c3ccc(-n4c5ccccc5c5ccccc54)cc3c3ccccc3c2c1. The maximum Gasteiger partial charge on any atom is 0.154 e. The Kier molecular flexibility index (Phi) is 5.41. The lowest BCUT2D eigenvalue weighted by atomic mass is 9.93. The second kappa shape index (κ2) is 9.43. The van der Waals surface area contributed by atoms with E-state index in [1.54, 1.807) is 0 Å². The molecule has 0 saturated heterocycles. The topological polar surface area (TPSA) is 67.2 Å². The van der Waals surface area contributed by atoms with Crippen LogP contribution in [0.2, 0.25) is 0 Å². The van der Waals surface area contributed by atoms with E-state index in [1.807, 2.05) is 36.4 Å². The van der Waals surface area contributed by atoms with Gasteiger partial charge in [0.15, 0.2) is 5.84 Å². The molecule has 0 fully saturated rings. The van der Waals surface area contributed by atoms with Crippen LogP contribution in [0.4, 0.5) is 0 Å². The first kappa shape index (κ1) is 24.1. The molecule has 0 aliphatic carbocycles. The molecule has 0 spiro atoms. The van der Waals surface area contributed by atoms with Crippen LogP contribution in [-0.4, -0.2) is 16.2 Å². The van der Waals surface area contributed by atoms with E-state index in [9.17, 15) is 0 Å². The number of nitrogens with one attached hydrogen (secondary N) is 1. The van der Waals surface area contributed by atoms with Crippen molar-refractivity contribution in [3.8, 4) is 5.69 Å². The summed E-state index contributed by atoms with van der Waals surface area (Å²) in [6, 6.07) is 48.2. The number of para-hydroxylation sites is 2. The molecule has 0 amide bonds. The Bertz CT molecular complexity index is 2310. The molecule has 0 atom stereocenters. The van der Waals surface area contributed by atoms with Crippen LogP contribution in [0.3, 0.4) is 0 Å². The van der Waals surface area contributed by atoms with Gasteiger partial charge >= 0.3 is 0 Å². The number of hydrogen-bond donors (Lipinski definition) is 2. The molecule has 8 rings (SSSR count). The predicted octanol–water partition coefficient (Wildman–Crippen LogP) is 8.97. The molecular formula is C38H26N4. The lowest BCUT2D eigenvalue weighted by Gasteiger charge is -2.14. The van der Waals surface area contributed by atoms with Gasteiger partial charge in [-0.1, -0.05) is 109 Å². The molecule has 0 unspecified atom stereocenters. The van der Waals surface area contributed by atoms with Crippen molar-refractivity contribution in [1.29, 1.82) is 5.41 Å². The Morgan fingerprint density at radius 3 is 1.62 bits per heavy atom. The van der Waals surface area contributed by atoms with Crippen LogP contribution in [0.5, 0.6) is 0 Å². The fourth-order valence-electron chi connectivity index (χ4n) is 6.29. The van der Waals surface area contributed by atoms with Gasteiger partial charge in [-0.25, -0.2) is 4.99 Å². The first-order chi connectivity index (χ1) is 20.7. The molecule has 1 heterocycles. The van der Waals surface area contributed by atoms with E-state index < -0.39 is 0 Å². The fraction of sp³-hybridized carbons (Fsp3) is 0. The molecule has 8 aromatic rings. The van der Waals surface area contributed by atoms with Gasteiger partial charge in [0.25, 0.3) is 0 Å². The van der Waals surface area contributed by atoms with Gasteiger partial charge in [0, 0.05) is 27.6 Å². The minimum atomic E-state index is 0.143. The van der Waals surface area contributed by atoms with E-state index in [1.165, 1.54) is 38.0 Å². The first-order valence-corrected chi connectivity index (χ1v) is 14.0. The number of aliphatic imine (C=N–C) groups is 1. The van der Waals surface area contributed by atoms with Crippen molar-refractivity contribution in [1.82, 2.24) is 4.57 Å². The summed E-state index contributed by atoms with van der Waals surface area (Å²) < 4.78 is 2.36. The Morgan fingerprint density at radius 2 is 0.976 bits per heavy atom. The maximum absolute atomic E-state index is 8.73. The summed E-state index contributed by atoms with van der Waals surface area (Å²) >= 11 is 0. The van der Waals surface area contributed by atoms with Crippen LogP contribution in [0.1, 0.15) is 11.1 Å². The van der Waals surface area contributed by atoms with Crippen LogP contribution >= 0.6 is 0 Å². The number of nitrogens with two attached hydrogens (primary N) is 1. The summed E-state index contributed by atoms with van der Waals surface area (Å²) in [6.45, 7) is 0. The zero-order chi connectivity index (χ0) is 28.2. The molecule has 4 heteroatoms. The van der Waals surface area contributed by atoms with Crippen molar-refractivity contribution in [3.63, 3.8) is 0 Å². The van der Waals surface area contributed by atoms with Crippen LogP contribution in [0.15, 0.2) is 145 Å². The Morgan fingerprint density at radius 1 is 0.476 bits per heavy atom. The average molecular weight is 539 g/mol. The summed E-state index contributed by atoms with van der Waals surface area (Å²) in [6.07, 6.45) is 0. The summed E-state index contributed by atoms with van der Waals surface area (Å²) in [4.78, 5) is 4.43. The zero-order valence-corrected chi connectivity index (χ0v) is 22.8. The molecule has 42 heavy (non-hydrogen) atoms. The number of rotatable bonds is 3. The monoisotopic (exact) mass is 538 g/mol. The summed E-state index contributed by atoms with van der Waals surface area (Å²) in [5.74, 6) is 0.478. The molecule has 0 aliphatic heterocycles. The van der Waals surface area contributed by atoms with Gasteiger partial charge in [0.2, 0.25) is 0 Å². The smallest absolute Gasteiger partial charge is 0.154 e. The third kappa shape index (κ3) is 3.70.